The van der Waals surface area contributed by atoms with E-state index < -0.39 is 0 Å². The maximum atomic E-state index is 12.4. The van der Waals surface area contributed by atoms with Gasteiger partial charge in [-0.25, -0.2) is 4.98 Å². The van der Waals surface area contributed by atoms with Gasteiger partial charge in [0.05, 0.1) is 25.0 Å². The fraction of sp³-hybridized carbons (Fsp3) is 0.182. The highest BCUT2D eigenvalue weighted by Crippen LogP contribution is 2.31. The molecular weight excluding hydrogens is 374 g/mol. The molecule has 3 aromatic rings. The molecule has 0 saturated heterocycles. The standard InChI is InChI=1S/C22H20ClN3O2/c1-28-20-12-15(6-10-19(20)26-14-24-13-21(26)23)7-11-22(27)25-18-9-8-16-4-2-3-5-17(16)18/h2-7,10-14,18H,8-9H2,1H3,(H,25,27)/b11-7+. The van der Waals surface area contributed by atoms with Crippen LogP contribution in [0.25, 0.3) is 11.8 Å². The number of amides is 1. The van der Waals surface area contributed by atoms with Crippen molar-refractivity contribution >= 4 is 23.6 Å². The van der Waals surface area contributed by atoms with Crippen LogP contribution in [0, 0.1) is 0 Å². The van der Waals surface area contributed by atoms with E-state index in [0.717, 1.165) is 24.1 Å². The molecule has 0 radical (unpaired) electrons. The number of aromatic nitrogens is 2. The molecular formula is C22H20ClN3O2. The van der Waals surface area contributed by atoms with Gasteiger partial charge in [-0.05, 0) is 47.7 Å². The van der Waals surface area contributed by atoms with E-state index in [1.54, 1.807) is 36.4 Å². The molecule has 1 heterocycles. The van der Waals surface area contributed by atoms with Crippen molar-refractivity contribution in [3.05, 3.63) is 82.9 Å². The molecule has 28 heavy (non-hydrogen) atoms. The summed E-state index contributed by atoms with van der Waals surface area (Å²) in [6.07, 6.45) is 8.47. The van der Waals surface area contributed by atoms with E-state index >= 15 is 0 Å². The summed E-state index contributed by atoms with van der Waals surface area (Å²) in [7, 11) is 1.60. The van der Waals surface area contributed by atoms with Gasteiger partial charge in [0, 0.05) is 6.08 Å². The Morgan fingerprint density at radius 1 is 1.32 bits per heavy atom. The first-order chi connectivity index (χ1) is 13.7. The van der Waals surface area contributed by atoms with Gasteiger partial charge in [-0.15, -0.1) is 0 Å². The molecule has 142 valence electrons. The van der Waals surface area contributed by atoms with Gasteiger partial charge in [-0.1, -0.05) is 41.9 Å². The average Bonchev–Trinajstić information content (AvgIpc) is 3.32. The first-order valence-corrected chi connectivity index (χ1v) is 9.46. The lowest BCUT2D eigenvalue weighted by molar-refractivity contribution is -0.117. The summed E-state index contributed by atoms with van der Waals surface area (Å²) >= 11 is 6.14. The molecule has 1 atom stereocenters. The molecule has 1 N–H and O–H groups in total. The summed E-state index contributed by atoms with van der Waals surface area (Å²) in [5.74, 6) is 0.537. The molecule has 0 saturated carbocycles. The summed E-state index contributed by atoms with van der Waals surface area (Å²) in [5, 5.41) is 3.59. The summed E-state index contributed by atoms with van der Waals surface area (Å²) in [6.45, 7) is 0. The number of carbonyl (C=O) groups is 1. The first kappa shape index (κ1) is 18.3. The molecule has 0 aliphatic heterocycles. The zero-order valence-electron chi connectivity index (χ0n) is 15.4. The Morgan fingerprint density at radius 2 is 2.18 bits per heavy atom. The largest absolute Gasteiger partial charge is 0.495 e. The van der Waals surface area contributed by atoms with Crippen molar-refractivity contribution in [3.63, 3.8) is 0 Å². The molecule has 0 bridgehead atoms. The molecule has 0 spiro atoms. The molecule has 1 amide bonds. The van der Waals surface area contributed by atoms with Crippen LogP contribution in [0.2, 0.25) is 5.15 Å². The van der Waals surface area contributed by atoms with E-state index in [9.17, 15) is 4.79 Å². The number of hydrogen-bond donors (Lipinski definition) is 1. The quantitative estimate of drug-likeness (QED) is 0.655. The van der Waals surface area contributed by atoms with Crippen LogP contribution in [0.1, 0.15) is 29.2 Å². The number of methoxy groups -OCH3 is 1. The van der Waals surface area contributed by atoms with Gasteiger partial charge in [0.2, 0.25) is 5.91 Å². The monoisotopic (exact) mass is 393 g/mol. The minimum absolute atomic E-state index is 0.0774. The zero-order chi connectivity index (χ0) is 19.5. The predicted octanol–water partition coefficient (Wildman–Crippen LogP) is 4.35. The fourth-order valence-corrected chi connectivity index (χ4v) is 3.74. The lowest BCUT2D eigenvalue weighted by atomic mass is 10.1. The van der Waals surface area contributed by atoms with Crippen LogP contribution in [-0.4, -0.2) is 22.6 Å². The fourth-order valence-electron chi connectivity index (χ4n) is 3.55. The second-order valence-corrected chi connectivity index (χ2v) is 7.04. The lowest BCUT2D eigenvalue weighted by Crippen LogP contribution is -2.25. The van der Waals surface area contributed by atoms with Crippen LogP contribution in [0.3, 0.4) is 0 Å². The third kappa shape index (κ3) is 3.66. The van der Waals surface area contributed by atoms with Crippen LogP contribution in [0.15, 0.2) is 61.1 Å². The van der Waals surface area contributed by atoms with Crippen molar-refractivity contribution in [1.29, 1.82) is 0 Å². The van der Waals surface area contributed by atoms with Crippen LogP contribution >= 0.6 is 11.6 Å². The molecule has 0 fully saturated rings. The number of imidazole rings is 1. The van der Waals surface area contributed by atoms with E-state index in [1.165, 1.54) is 11.1 Å². The molecule has 1 aliphatic carbocycles. The van der Waals surface area contributed by atoms with Crippen molar-refractivity contribution in [1.82, 2.24) is 14.9 Å². The molecule has 5 nitrogen and oxygen atoms in total. The lowest BCUT2D eigenvalue weighted by Gasteiger charge is -2.12. The van der Waals surface area contributed by atoms with Gasteiger partial charge in [0.25, 0.3) is 0 Å². The van der Waals surface area contributed by atoms with Crippen molar-refractivity contribution < 1.29 is 9.53 Å². The molecule has 2 aromatic carbocycles. The predicted molar refractivity (Wildman–Crippen MR) is 110 cm³/mol. The number of benzene rings is 2. The van der Waals surface area contributed by atoms with Gasteiger partial charge in [-0.2, -0.15) is 0 Å². The summed E-state index contributed by atoms with van der Waals surface area (Å²) in [6, 6.07) is 14.0. The highest BCUT2D eigenvalue weighted by molar-refractivity contribution is 6.29. The Bertz CT molecular complexity index is 1040. The van der Waals surface area contributed by atoms with Crippen molar-refractivity contribution in [3.8, 4) is 11.4 Å². The number of fused-ring (bicyclic) bond motifs is 1. The number of halogens is 1. The van der Waals surface area contributed by atoms with Crippen molar-refractivity contribution in [2.75, 3.05) is 7.11 Å². The average molecular weight is 394 g/mol. The highest BCUT2D eigenvalue weighted by atomic mass is 35.5. The normalized spacial score (nSPS) is 15.6. The summed E-state index contributed by atoms with van der Waals surface area (Å²) < 4.78 is 7.21. The van der Waals surface area contributed by atoms with Crippen LogP contribution in [0.4, 0.5) is 0 Å². The highest BCUT2D eigenvalue weighted by Gasteiger charge is 2.22. The maximum absolute atomic E-state index is 12.4. The topological polar surface area (TPSA) is 56.1 Å². The first-order valence-electron chi connectivity index (χ1n) is 9.08. The number of hydrogen-bond acceptors (Lipinski definition) is 3. The van der Waals surface area contributed by atoms with E-state index in [0.29, 0.717) is 10.9 Å². The van der Waals surface area contributed by atoms with Gasteiger partial charge < -0.3 is 10.1 Å². The number of rotatable bonds is 5. The summed E-state index contributed by atoms with van der Waals surface area (Å²) in [4.78, 5) is 16.4. The van der Waals surface area contributed by atoms with Crippen LogP contribution in [0.5, 0.6) is 5.75 Å². The third-order valence-electron chi connectivity index (χ3n) is 4.93. The van der Waals surface area contributed by atoms with Gasteiger partial charge in [-0.3, -0.25) is 9.36 Å². The van der Waals surface area contributed by atoms with E-state index in [2.05, 4.69) is 22.4 Å². The molecule has 6 heteroatoms. The van der Waals surface area contributed by atoms with E-state index in [1.807, 2.05) is 30.3 Å². The summed E-state index contributed by atoms with van der Waals surface area (Å²) in [5.41, 5.74) is 4.18. The minimum atomic E-state index is -0.109. The van der Waals surface area contributed by atoms with Gasteiger partial charge >= 0.3 is 0 Å². The number of ether oxygens (including phenoxy) is 1. The Morgan fingerprint density at radius 3 is 2.96 bits per heavy atom. The number of carbonyl (C=O) groups excluding carboxylic acids is 1. The van der Waals surface area contributed by atoms with E-state index in [-0.39, 0.29) is 11.9 Å². The number of nitrogens with zero attached hydrogens (tertiary/aromatic N) is 2. The van der Waals surface area contributed by atoms with Gasteiger partial charge in [0.1, 0.15) is 17.2 Å². The van der Waals surface area contributed by atoms with E-state index in [4.69, 9.17) is 16.3 Å². The Labute approximate surface area is 168 Å². The number of nitrogens with one attached hydrogen (secondary N) is 1. The maximum Gasteiger partial charge on any atom is 0.244 e. The minimum Gasteiger partial charge on any atom is -0.495 e. The smallest absolute Gasteiger partial charge is 0.244 e. The molecule has 1 aliphatic rings. The van der Waals surface area contributed by atoms with Gasteiger partial charge in [0.15, 0.2) is 0 Å². The molecule has 1 aromatic heterocycles. The Hall–Kier alpha value is -3.05. The Kier molecular flexibility index (Phi) is 5.17. The van der Waals surface area contributed by atoms with Crippen molar-refractivity contribution in [2.24, 2.45) is 0 Å². The van der Waals surface area contributed by atoms with Crippen molar-refractivity contribution in [2.45, 2.75) is 18.9 Å². The second kappa shape index (κ2) is 7.90. The molecule has 4 rings (SSSR count). The number of aryl methyl sites for hydroxylation is 1. The van der Waals surface area contributed by atoms with Crippen LogP contribution < -0.4 is 10.1 Å². The second-order valence-electron chi connectivity index (χ2n) is 6.65. The van der Waals surface area contributed by atoms with Crippen LogP contribution in [-0.2, 0) is 11.2 Å². The Balaban J connectivity index is 1.47. The molecule has 1 unspecified atom stereocenters. The SMILES string of the molecule is COc1cc(/C=C/C(=O)NC2CCc3ccccc32)ccc1-n1cncc1Cl. The third-order valence-corrected chi connectivity index (χ3v) is 5.21. The zero-order valence-corrected chi connectivity index (χ0v) is 16.2.